The van der Waals surface area contributed by atoms with E-state index in [2.05, 4.69) is 24.8 Å². The van der Waals surface area contributed by atoms with Gasteiger partial charge in [-0.05, 0) is 18.6 Å². The number of rotatable bonds is 12. The number of carbonyl (C=O) groups is 2. The van der Waals surface area contributed by atoms with Crippen molar-refractivity contribution in [2.24, 2.45) is 13.0 Å². The summed E-state index contributed by atoms with van der Waals surface area (Å²) in [5, 5.41) is 17.3. The molecule has 0 atom stereocenters. The van der Waals surface area contributed by atoms with Crippen molar-refractivity contribution in [2.45, 2.75) is 6.92 Å². The van der Waals surface area contributed by atoms with Crippen LogP contribution in [0.3, 0.4) is 0 Å². The maximum absolute atomic E-state index is 13.0. The smallest absolute Gasteiger partial charge is 0.341 e. The van der Waals surface area contributed by atoms with Gasteiger partial charge in [-0.1, -0.05) is 0 Å². The van der Waals surface area contributed by atoms with Gasteiger partial charge in [0.25, 0.3) is 0 Å². The average Bonchev–Trinajstić information content (AvgIpc) is 3.55. The van der Waals surface area contributed by atoms with Gasteiger partial charge in [0.15, 0.2) is 11.5 Å². The Kier molecular flexibility index (Phi) is 8.23. The zero-order chi connectivity index (χ0) is 29.1. The first-order valence-electron chi connectivity index (χ1n) is 12.6. The summed E-state index contributed by atoms with van der Waals surface area (Å²) in [5.41, 5.74) is -0.174. The van der Waals surface area contributed by atoms with Gasteiger partial charge in [0, 0.05) is 51.0 Å². The molecule has 0 unspecified atom stereocenters. The number of nitrogens with one attached hydrogen (secondary N) is 1. The number of carboxylic acids is 1. The van der Waals surface area contributed by atoms with E-state index in [1.165, 1.54) is 21.8 Å². The Morgan fingerprint density at radius 2 is 1.98 bits per heavy atom. The van der Waals surface area contributed by atoms with Crippen LogP contribution in [0.25, 0.3) is 16.2 Å². The van der Waals surface area contributed by atoms with Crippen molar-refractivity contribution < 1.29 is 28.9 Å². The lowest BCUT2D eigenvalue weighted by Gasteiger charge is -2.39. The topological polar surface area (TPSA) is 176 Å². The second-order valence-corrected chi connectivity index (χ2v) is 10.1. The number of carboxylic acid groups (broad SMARTS) is 1. The van der Waals surface area contributed by atoms with E-state index in [4.69, 9.17) is 14.2 Å². The van der Waals surface area contributed by atoms with Gasteiger partial charge in [-0.3, -0.25) is 14.2 Å². The summed E-state index contributed by atoms with van der Waals surface area (Å²) in [7, 11) is 3.32. The first-order chi connectivity index (χ1) is 19.8. The average molecular weight is 585 g/mol. The summed E-state index contributed by atoms with van der Waals surface area (Å²) in [6, 6.07) is 3.37. The third-order valence-electron chi connectivity index (χ3n) is 6.50. The molecule has 0 radical (unpaired) electrons. The first-order valence-corrected chi connectivity index (χ1v) is 13.4. The third kappa shape index (κ3) is 5.89. The number of amides is 1. The molecule has 41 heavy (non-hydrogen) atoms. The maximum Gasteiger partial charge on any atom is 0.341 e. The minimum Gasteiger partial charge on any atom is -0.477 e. The van der Waals surface area contributed by atoms with E-state index >= 15 is 0 Å². The molecule has 4 aromatic heterocycles. The highest BCUT2D eigenvalue weighted by Crippen LogP contribution is 2.29. The number of aryl methyl sites for hydroxylation is 2. The van der Waals surface area contributed by atoms with Crippen molar-refractivity contribution in [3.63, 3.8) is 0 Å². The van der Waals surface area contributed by atoms with Gasteiger partial charge < -0.3 is 29.5 Å². The molecule has 5 heterocycles. The molecule has 1 fully saturated rings. The Bertz CT molecular complexity index is 1630. The molecule has 15 nitrogen and oxygen atoms in total. The van der Waals surface area contributed by atoms with Crippen LogP contribution in [0.1, 0.15) is 15.9 Å². The summed E-state index contributed by atoms with van der Waals surface area (Å²) < 4.78 is 23.0. The predicted octanol–water partition coefficient (Wildman–Crippen LogP) is 1.09. The molecule has 1 aliphatic heterocycles. The molecule has 2 N–H and O–H groups in total. The number of hydrogen-bond acceptors (Lipinski definition) is 12. The number of fused-ring (bicyclic) bond motifs is 1. The van der Waals surface area contributed by atoms with Crippen molar-refractivity contribution >= 4 is 46.1 Å². The molecule has 216 valence electrons. The van der Waals surface area contributed by atoms with Crippen molar-refractivity contribution in [3.05, 3.63) is 46.0 Å². The third-order valence-corrected chi connectivity index (χ3v) is 7.17. The fourth-order valence-corrected chi connectivity index (χ4v) is 4.88. The van der Waals surface area contributed by atoms with Crippen molar-refractivity contribution in [3.8, 4) is 11.0 Å². The Hall–Kier alpha value is -4.41. The highest BCUT2D eigenvalue weighted by molar-refractivity contribution is 7.08. The molecule has 0 bridgehead atoms. The fourth-order valence-electron chi connectivity index (χ4n) is 4.37. The summed E-state index contributed by atoms with van der Waals surface area (Å²) in [4.78, 5) is 48.3. The summed E-state index contributed by atoms with van der Waals surface area (Å²) in [5.74, 6) is -0.415. The second-order valence-electron chi connectivity index (χ2n) is 9.30. The molecular formula is C25H28N8O7S. The van der Waals surface area contributed by atoms with Gasteiger partial charge in [-0.2, -0.15) is 9.47 Å². The van der Waals surface area contributed by atoms with Crippen LogP contribution in [0.2, 0.25) is 0 Å². The van der Waals surface area contributed by atoms with Crippen molar-refractivity contribution in [1.82, 2.24) is 28.7 Å². The normalized spacial score (nSPS) is 13.4. The highest BCUT2D eigenvalue weighted by Gasteiger charge is 2.34. The number of hydrogen-bond donors (Lipinski definition) is 2. The molecule has 0 saturated carbocycles. The van der Waals surface area contributed by atoms with E-state index < -0.39 is 11.4 Å². The van der Waals surface area contributed by atoms with E-state index in [-0.39, 0.29) is 28.4 Å². The number of aromatic carboxylic acids is 1. The Morgan fingerprint density at radius 1 is 1.20 bits per heavy atom. The van der Waals surface area contributed by atoms with Crippen LogP contribution >= 0.6 is 11.5 Å². The molecule has 16 heteroatoms. The van der Waals surface area contributed by atoms with Gasteiger partial charge in [0.2, 0.25) is 22.3 Å². The largest absolute Gasteiger partial charge is 0.477 e. The van der Waals surface area contributed by atoms with Crippen LogP contribution in [-0.2, 0) is 21.3 Å². The Balaban J connectivity index is 1.26. The molecule has 0 spiro atoms. The molecule has 0 aliphatic carbocycles. The predicted molar refractivity (Wildman–Crippen MR) is 148 cm³/mol. The second kappa shape index (κ2) is 12.0. The van der Waals surface area contributed by atoms with Crippen LogP contribution < -0.4 is 20.4 Å². The van der Waals surface area contributed by atoms with E-state index in [0.29, 0.717) is 67.7 Å². The van der Waals surface area contributed by atoms with Gasteiger partial charge in [0.1, 0.15) is 24.3 Å². The Morgan fingerprint density at radius 3 is 2.68 bits per heavy atom. The van der Waals surface area contributed by atoms with Crippen LogP contribution in [0.4, 0.5) is 11.6 Å². The lowest BCUT2D eigenvalue weighted by Crippen LogP contribution is -2.52. The van der Waals surface area contributed by atoms with E-state index in [0.717, 1.165) is 11.5 Å². The van der Waals surface area contributed by atoms with Crippen LogP contribution in [0.5, 0.6) is 5.88 Å². The molecule has 1 amide bonds. The Labute approximate surface area is 237 Å². The van der Waals surface area contributed by atoms with Crippen LogP contribution in [-0.4, -0.2) is 92.3 Å². The molecule has 5 rings (SSSR count). The van der Waals surface area contributed by atoms with Crippen molar-refractivity contribution in [1.29, 1.82) is 0 Å². The summed E-state index contributed by atoms with van der Waals surface area (Å²) in [6.07, 6.45) is 2.56. The minimum absolute atomic E-state index is 0.188. The van der Waals surface area contributed by atoms with Crippen LogP contribution in [0, 0.1) is 12.8 Å². The van der Waals surface area contributed by atoms with Gasteiger partial charge >= 0.3 is 5.97 Å². The number of methoxy groups -OCH3 is 1. The van der Waals surface area contributed by atoms with Gasteiger partial charge in [0.05, 0.1) is 31.1 Å². The fraction of sp³-hybridized carbons (Fsp3) is 0.400. The maximum atomic E-state index is 13.0. The number of pyridine rings is 2. The van der Waals surface area contributed by atoms with Gasteiger partial charge in [-0.25, -0.2) is 19.4 Å². The lowest BCUT2D eigenvalue weighted by atomic mass is 9.98. The standard InChI is InChI=1S/C25H28N8O7S/c1-14-8-18(29-22-20(14)21(34)16(24(36)37)12-33(22)25-26-13-27-41-25)32-10-15(11-32)23(35)28-17-9-19(31(2)30-17)40-7-6-39-5-4-38-3/h8-9,12-13,15H,4-7,10-11H2,1-3H3,(H,36,37)(H,28,30,35). The summed E-state index contributed by atoms with van der Waals surface area (Å²) in [6.45, 7) is 4.24. The quantitative estimate of drug-likeness (QED) is 0.227. The zero-order valence-electron chi connectivity index (χ0n) is 22.6. The number of aromatic nitrogens is 6. The number of ether oxygens (including phenoxy) is 3. The molecule has 1 aliphatic rings. The minimum atomic E-state index is -1.34. The zero-order valence-corrected chi connectivity index (χ0v) is 23.4. The van der Waals surface area contributed by atoms with E-state index in [1.54, 1.807) is 33.2 Å². The number of carbonyl (C=O) groups excluding carboxylic acids is 1. The highest BCUT2D eigenvalue weighted by atomic mass is 32.1. The molecule has 0 aromatic carbocycles. The van der Waals surface area contributed by atoms with Crippen molar-refractivity contribution in [2.75, 3.05) is 56.8 Å². The molecule has 1 saturated heterocycles. The molecule has 4 aromatic rings. The lowest BCUT2D eigenvalue weighted by molar-refractivity contribution is -0.120. The SMILES string of the molecule is COCCOCCOc1cc(NC(=O)C2CN(c3cc(C)c4c(=O)c(C(=O)O)cn(-c5ncns5)c4n3)C2)nn1C. The van der Waals surface area contributed by atoms with E-state index in [9.17, 15) is 19.5 Å². The molecular weight excluding hydrogens is 556 g/mol. The van der Waals surface area contributed by atoms with Crippen LogP contribution in [0.15, 0.2) is 29.5 Å². The first kappa shape index (κ1) is 28.1. The van der Waals surface area contributed by atoms with Gasteiger partial charge in [-0.15, -0.1) is 0 Å². The number of nitrogens with zero attached hydrogens (tertiary/aromatic N) is 7. The van der Waals surface area contributed by atoms with E-state index in [1.807, 2.05) is 4.90 Å². The number of anilines is 2. The monoisotopic (exact) mass is 584 g/mol. The summed E-state index contributed by atoms with van der Waals surface area (Å²) >= 11 is 1.05.